The average molecular weight is 268 g/mol. The first-order valence-electron chi connectivity index (χ1n) is 6.49. The van der Waals surface area contributed by atoms with Gasteiger partial charge in [-0.15, -0.1) is 11.3 Å². The topological polar surface area (TPSA) is 53.4 Å². The van der Waals surface area contributed by atoms with Crippen molar-refractivity contribution in [3.63, 3.8) is 0 Å². The first-order valence-corrected chi connectivity index (χ1v) is 7.30. The van der Waals surface area contributed by atoms with Crippen LogP contribution in [0.5, 0.6) is 0 Å². The summed E-state index contributed by atoms with van der Waals surface area (Å²) in [6.45, 7) is 5.15. The first-order chi connectivity index (χ1) is 8.63. The lowest BCUT2D eigenvalue weighted by molar-refractivity contribution is -0.137. The van der Waals surface area contributed by atoms with Crippen molar-refractivity contribution in [2.24, 2.45) is 5.92 Å². The number of aliphatic carboxylic acids is 1. The number of hydrogen-bond donors (Lipinski definition) is 1. The highest BCUT2D eigenvalue weighted by atomic mass is 32.1. The predicted molar refractivity (Wildman–Crippen MR) is 71.7 cm³/mol. The molecule has 0 spiro atoms. The van der Waals surface area contributed by atoms with Gasteiger partial charge in [0.1, 0.15) is 0 Å². The summed E-state index contributed by atoms with van der Waals surface area (Å²) in [6.07, 6.45) is 5.43. The summed E-state index contributed by atoms with van der Waals surface area (Å²) in [7, 11) is 0. The Labute approximate surface area is 112 Å². The molecule has 1 aliphatic heterocycles. The normalized spacial score (nSPS) is 21.1. The molecule has 18 heavy (non-hydrogen) atoms. The molecule has 1 saturated heterocycles. The maximum absolute atomic E-state index is 10.6. The summed E-state index contributed by atoms with van der Waals surface area (Å²) in [6, 6.07) is 0. The quantitative estimate of drug-likeness (QED) is 0.891. The number of aryl methyl sites for hydroxylation is 1. The lowest BCUT2D eigenvalue weighted by atomic mass is 9.93. The van der Waals surface area contributed by atoms with Gasteiger partial charge in [0.2, 0.25) is 0 Å². The highest BCUT2D eigenvalue weighted by molar-refractivity contribution is 7.11. The van der Waals surface area contributed by atoms with E-state index in [1.165, 1.54) is 17.7 Å². The number of hydrogen-bond acceptors (Lipinski definition) is 4. The number of piperidine rings is 1. The van der Waals surface area contributed by atoms with Crippen LogP contribution in [0.3, 0.4) is 0 Å². The van der Waals surface area contributed by atoms with Gasteiger partial charge in [0.25, 0.3) is 0 Å². The molecule has 100 valence electrons. The van der Waals surface area contributed by atoms with Gasteiger partial charge in [0.05, 0.1) is 5.01 Å². The van der Waals surface area contributed by atoms with E-state index in [0.717, 1.165) is 31.1 Å². The summed E-state index contributed by atoms with van der Waals surface area (Å²) in [4.78, 5) is 18.6. The van der Waals surface area contributed by atoms with Crippen molar-refractivity contribution in [3.05, 3.63) is 16.1 Å². The number of nitrogens with zero attached hydrogens (tertiary/aromatic N) is 2. The van der Waals surface area contributed by atoms with Crippen LogP contribution in [0.1, 0.15) is 35.6 Å². The van der Waals surface area contributed by atoms with Crippen LogP contribution in [0.4, 0.5) is 0 Å². The lowest BCUT2D eigenvalue weighted by Crippen LogP contribution is -2.34. The van der Waals surface area contributed by atoms with E-state index >= 15 is 0 Å². The van der Waals surface area contributed by atoms with E-state index in [2.05, 4.69) is 9.88 Å². The van der Waals surface area contributed by atoms with Gasteiger partial charge in [-0.05, 0) is 38.6 Å². The van der Waals surface area contributed by atoms with Gasteiger partial charge < -0.3 is 5.11 Å². The molecule has 0 radical (unpaired) electrons. The third-order valence-corrected chi connectivity index (χ3v) is 4.32. The minimum absolute atomic E-state index is 0.304. The molecule has 1 unspecified atom stereocenters. The molecule has 1 aliphatic rings. The summed E-state index contributed by atoms with van der Waals surface area (Å²) in [5, 5.41) is 9.84. The molecule has 1 aromatic heterocycles. The minimum Gasteiger partial charge on any atom is -0.481 e. The Morgan fingerprint density at radius 3 is 3.17 bits per heavy atom. The van der Waals surface area contributed by atoms with Crippen molar-refractivity contribution >= 4 is 17.3 Å². The van der Waals surface area contributed by atoms with Crippen LogP contribution in [-0.4, -0.2) is 34.0 Å². The average Bonchev–Trinajstić information content (AvgIpc) is 2.73. The zero-order valence-corrected chi connectivity index (χ0v) is 11.6. The van der Waals surface area contributed by atoms with Gasteiger partial charge in [0, 0.05) is 30.6 Å². The summed E-state index contributed by atoms with van der Waals surface area (Å²) in [5.41, 5.74) is 0. The van der Waals surface area contributed by atoms with E-state index in [0.29, 0.717) is 12.3 Å². The molecule has 2 heterocycles. The zero-order valence-electron chi connectivity index (χ0n) is 10.8. The van der Waals surface area contributed by atoms with E-state index < -0.39 is 5.97 Å². The number of likely N-dealkylation sites (tertiary alicyclic amines) is 1. The molecule has 2 rings (SSSR count). The highest BCUT2D eigenvalue weighted by Crippen LogP contribution is 2.23. The number of carboxylic acids is 1. The zero-order chi connectivity index (χ0) is 13.0. The lowest BCUT2D eigenvalue weighted by Gasteiger charge is -2.32. The predicted octanol–water partition coefficient (Wildman–Crippen LogP) is 2.53. The van der Waals surface area contributed by atoms with Crippen LogP contribution in [-0.2, 0) is 11.3 Å². The molecule has 0 aliphatic carbocycles. The molecule has 1 fully saturated rings. The smallest absolute Gasteiger partial charge is 0.303 e. The fourth-order valence-electron chi connectivity index (χ4n) is 2.56. The molecule has 0 saturated carbocycles. The number of carbonyl (C=O) groups is 1. The highest BCUT2D eigenvalue weighted by Gasteiger charge is 2.20. The molecular formula is C13H20N2O2S. The van der Waals surface area contributed by atoms with E-state index in [4.69, 9.17) is 5.11 Å². The van der Waals surface area contributed by atoms with E-state index in [9.17, 15) is 4.79 Å². The van der Waals surface area contributed by atoms with Crippen LogP contribution in [0.15, 0.2) is 6.20 Å². The Balaban J connectivity index is 1.81. The van der Waals surface area contributed by atoms with Gasteiger partial charge in [-0.2, -0.15) is 0 Å². The minimum atomic E-state index is -0.676. The SMILES string of the molecule is Cc1ncc(CN2CCCC(CCC(=O)O)C2)s1. The largest absolute Gasteiger partial charge is 0.481 e. The molecule has 1 aromatic rings. The number of carboxylic acid groups (broad SMARTS) is 1. The fraction of sp³-hybridized carbons (Fsp3) is 0.692. The molecular weight excluding hydrogens is 248 g/mol. The van der Waals surface area contributed by atoms with Crippen molar-refractivity contribution < 1.29 is 9.90 Å². The molecule has 0 amide bonds. The second-order valence-corrected chi connectivity index (χ2v) is 6.34. The Bertz CT molecular complexity index is 405. The molecule has 0 aromatic carbocycles. The maximum atomic E-state index is 10.6. The van der Waals surface area contributed by atoms with Gasteiger partial charge in [-0.3, -0.25) is 9.69 Å². The van der Waals surface area contributed by atoms with Gasteiger partial charge in [-0.25, -0.2) is 4.98 Å². The summed E-state index contributed by atoms with van der Waals surface area (Å²) < 4.78 is 0. The molecule has 1 atom stereocenters. The van der Waals surface area contributed by atoms with Crippen molar-refractivity contribution in [2.75, 3.05) is 13.1 Å². The number of thiazole rings is 1. The summed E-state index contributed by atoms with van der Waals surface area (Å²) in [5.74, 6) is -0.130. The van der Waals surface area contributed by atoms with Crippen molar-refractivity contribution in [2.45, 2.75) is 39.2 Å². The van der Waals surface area contributed by atoms with E-state index in [1.807, 2.05) is 13.1 Å². The van der Waals surface area contributed by atoms with E-state index in [1.54, 1.807) is 11.3 Å². The van der Waals surface area contributed by atoms with Crippen molar-refractivity contribution in [1.29, 1.82) is 0 Å². The molecule has 4 nitrogen and oxygen atoms in total. The second-order valence-electron chi connectivity index (χ2n) is 5.02. The molecule has 5 heteroatoms. The van der Waals surface area contributed by atoms with Crippen LogP contribution in [0.25, 0.3) is 0 Å². The van der Waals surface area contributed by atoms with Crippen LogP contribution in [0, 0.1) is 12.8 Å². The molecule has 0 bridgehead atoms. The number of aromatic nitrogens is 1. The Kier molecular flexibility index (Phi) is 4.72. The van der Waals surface area contributed by atoms with Gasteiger partial charge in [0.15, 0.2) is 0 Å². The fourth-order valence-corrected chi connectivity index (χ4v) is 3.39. The molecule has 1 N–H and O–H groups in total. The van der Waals surface area contributed by atoms with Gasteiger partial charge >= 0.3 is 5.97 Å². The number of rotatable bonds is 5. The Morgan fingerprint density at radius 2 is 2.50 bits per heavy atom. The summed E-state index contributed by atoms with van der Waals surface area (Å²) >= 11 is 1.75. The third kappa shape index (κ3) is 4.07. The van der Waals surface area contributed by atoms with Gasteiger partial charge in [-0.1, -0.05) is 0 Å². The monoisotopic (exact) mass is 268 g/mol. The second kappa shape index (κ2) is 6.29. The third-order valence-electron chi connectivity index (χ3n) is 3.42. The van der Waals surface area contributed by atoms with Crippen LogP contribution in [0.2, 0.25) is 0 Å². The Morgan fingerprint density at radius 1 is 1.67 bits per heavy atom. The maximum Gasteiger partial charge on any atom is 0.303 e. The van der Waals surface area contributed by atoms with Crippen molar-refractivity contribution in [1.82, 2.24) is 9.88 Å². The first kappa shape index (κ1) is 13.5. The van der Waals surface area contributed by atoms with Crippen LogP contribution >= 0.6 is 11.3 Å². The van der Waals surface area contributed by atoms with Crippen LogP contribution < -0.4 is 0 Å². The van der Waals surface area contributed by atoms with E-state index in [-0.39, 0.29) is 0 Å². The standard InChI is InChI=1S/C13H20N2O2S/c1-10-14-7-12(18-10)9-15-6-2-3-11(8-15)4-5-13(16)17/h7,11H,2-6,8-9H2,1H3,(H,16,17). The van der Waals surface area contributed by atoms with Crippen molar-refractivity contribution in [3.8, 4) is 0 Å². The Hall–Kier alpha value is -0.940.